The number of nitrogens with zero attached hydrogens (tertiary/aromatic N) is 5. The molecule has 8 nitrogen and oxygen atoms in total. The van der Waals surface area contributed by atoms with Crippen molar-refractivity contribution in [2.75, 3.05) is 43.4 Å². The van der Waals surface area contributed by atoms with Crippen LogP contribution in [0.4, 0.5) is 5.69 Å². The molecule has 3 rings (SSSR count). The first-order chi connectivity index (χ1) is 15.5. The van der Waals surface area contributed by atoms with Gasteiger partial charge in [0.2, 0.25) is 5.91 Å². The minimum atomic E-state index is -0.224. The third-order valence-corrected chi connectivity index (χ3v) is 6.81. The van der Waals surface area contributed by atoms with Crippen molar-refractivity contribution in [2.24, 2.45) is 13.0 Å². The SMILES string of the molecule is CCOC(=O)C1CCCN(C(=O)CSc2nnc(-c3ccc(N(CC)CC)cc3)n2C)C1. The predicted molar refractivity (Wildman–Crippen MR) is 127 cm³/mol. The second kappa shape index (κ2) is 11.4. The van der Waals surface area contributed by atoms with E-state index in [-0.39, 0.29) is 23.5 Å². The number of aromatic nitrogens is 3. The maximum Gasteiger partial charge on any atom is 0.310 e. The fraction of sp³-hybridized carbons (Fsp3) is 0.565. The van der Waals surface area contributed by atoms with Gasteiger partial charge >= 0.3 is 5.97 Å². The fourth-order valence-corrected chi connectivity index (χ4v) is 4.79. The molecule has 9 heteroatoms. The van der Waals surface area contributed by atoms with E-state index in [9.17, 15) is 9.59 Å². The predicted octanol–water partition coefficient (Wildman–Crippen LogP) is 3.22. The minimum absolute atomic E-state index is 0.0112. The van der Waals surface area contributed by atoms with Gasteiger partial charge in [-0.2, -0.15) is 0 Å². The highest BCUT2D eigenvalue weighted by Crippen LogP contribution is 2.26. The summed E-state index contributed by atoms with van der Waals surface area (Å²) in [5.41, 5.74) is 2.17. The third-order valence-electron chi connectivity index (χ3n) is 5.81. The number of carbonyl (C=O) groups excluding carboxylic acids is 2. The number of ether oxygens (including phenoxy) is 1. The first-order valence-electron chi connectivity index (χ1n) is 11.3. The lowest BCUT2D eigenvalue weighted by molar-refractivity contribution is -0.151. The van der Waals surface area contributed by atoms with Crippen LogP contribution in [0.15, 0.2) is 29.4 Å². The third kappa shape index (κ3) is 5.62. The summed E-state index contributed by atoms with van der Waals surface area (Å²) in [6.45, 7) is 9.50. The summed E-state index contributed by atoms with van der Waals surface area (Å²) >= 11 is 1.37. The zero-order valence-electron chi connectivity index (χ0n) is 19.4. The highest BCUT2D eigenvalue weighted by molar-refractivity contribution is 7.99. The van der Waals surface area contributed by atoms with Gasteiger partial charge in [-0.25, -0.2) is 0 Å². The van der Waals surface area contributed by atoms with Crippen LogP contribution in [0.2, 0.25) is 0 Å². The molecule has 1 amide bonds. The van der Waals surface area contributed by atoms with Crippen molar-refractivity contribution in [3.8, 4) is 11.4 Å². The van der Waals surface area contributed by atoms with Crippen LogP contribution in [-0.2, 0) is 21.4 Å². The van der Waals surface area contributed by atoms with Crippen molar-refractivity contribution >= 4 is 29.3 Å². The summed E-state index contributed by atoms with van der Waals surface area (Å²) in [6.07, 6.45) is 1.59. The Morgan fingerprint density at radius 2 is 1.88 bits per heavy atom. The lowest BCUT2D eigenvalue weighted by Crippen LogP contribution is -2.43. The number of thioether (sulfide) groups is 1. The highest BCUT2D eigenvalue weighted by atomic mass is 32.2. The van der Waals surface area contributed by atoms with Gasteiger partial charge in [-0.05, 0) is 57.9 Å². The standard InChI is InChI=1S/C23H33N5O3S/c1-5-27(6-2)19-12-10-17(11-13-19)21-24-25-23(26(21)4)32-16-20(29)28-14-8-9-18(15-28)22(30)31-7-3/h10-13,18H,5-9,14-16H2,1-4H3. The second-order valence-corrected chi connectivity index (χ2v) is 8.75. The molecule has 1 saturated heterocycles. The molecule has 0 saturated carbocycles. The summed E-state index contributed by atoms with van der Waals surface area (Å²) in [6, 6.07) is 8.31. The van der Waals surface area contributed by atoms with Gasteiger partial charge < -0.3 is 19.1 Å². The maximum atomic E-state index is 12.7. The lowest BCUT2D eigenvalue weighted by Gasteiger charge is -2.31. The van der Waals surface area contributed by atoms with Gasteiger partial charge in [0.1, 0.15) is 0 Å². The molecule has 174 valence electrons. The van der Waals surface area contributed by atoms with Crippen LogP contribution in [0.25, 0.3) is 11.4 Å². The number of esters is 1. The van der Waals surface area contributed by atoms with E-state index >= 15 is 0 Å². The average molecular weight is 460 g/mol. The van der Waals surface area contributed by atoms with Gasteiger partial charge in [0.15, 0.2) is 11.0 Å². The highest BCUT2D eigenvalue weighted by Gasteiger charge is 2.29. The molecule has 1 atom stereocenters. The number of anilines is 1. The van der Waals surface area contributed by atoms with Crippen molar-refractivity contribution < 1.29 is 14.3 Å². The molecular weight excluding hydrogens is 426 g/mol. The molecule has 32 heavy (non-hydrogen) atoms. The van der Waals surface area contributed by atoms with E-state index in [2.05, 4.69) is 53.2 Å². The Balaban J connectivity index is 1.60. The molecule has 1 aliphatic heterocycles. The molecule has 2 heterocycles. The van der Waals surface area contributed by atoms with E-state index in [1.807, 2.05) is 11.6 Å². The van der Waals surface area contributed by atoms with Gasteiger partial charge in [-0.3, -0.25) is 9.59 Å². The molecule has 1 aromatic carbocycles. The van der Waals surface area contributed by atoms with Gasteiger partial charge in [0.25, 0.3) is 0 Å². The largest absolute Gasteiger partial charge is 0.466 e. The van der Waals surface area contributed by atoms with Crippen LogP contribution in [0.1, 0.15) is 33.6 Å². The summed E-state index contributed by atoms with van der Waals surface area (Å²) in [7, 11) is 1.91. The molecule has 1 unspecified atom stereocenters. The summed E-state index contributed by atoms with van der Waals surface area (Å²) in [5, 5.41) is 9.32. The molecule has 1 aliphatic rings. The van der Waals surface area contributed by atoms with Crippen LogP contribution in [0, 0.1) is 5.92 Å². The van der Waals surface area contributed by atoms with Crippen molar-refractivity contribution in [2.45, 2.75) is 38.8 Å². The van der Waals surface area contributed by atoms with Crippen LogP contribution in [0.5, 0.6) is 0 Å². The van der Waals surface area contributed by atoms with E-state index in [0.29, 0.717) is 24.9 Å². The summed E-state index contributed by atoms with van der Waals surface area (Å²) in [5.74, 6) is 0.618. The van der Waals surface area contributed by atoms with Crippen LogP contribution in [0.3, 0.4) is 0 Å². The Kier molecular flexibility index (Phi) is 8.55. The van der Waals surface area contributed by atoms with E-state index in [1.54, 1.807) is 11.8 Å². The van der Waals surface area contributed by atoms with Crippen LogP contribution in [-0.4, -0.2) is 70.1 Å². The summed E-state index contributed by atoms with van der Waals surface area (Å²) in [4.78, 5) is 28.8. The molecule has 1 aromatic heterocycles. The smallest absolute Gasteiger partial charge is 0.310 e. The zero-order valence-corrected chi connectivity index (χ0v) is 20.2. The zero-order chi connectivity index (χ0) is 23.1. The number of amides is 1. The normalized spacial score (nSPS) is 16.1. The van der Waals surface area contributed by atoms with Crippen LogP contribution < -0.4 is 4.90 Å². The van der Waals surface area contributed by atoms with Gasteiger partial charge in [-0.1, -0.05) is 11.8 Å². The van der Waals surface area contributed by atoms with E-state index in [1.165, 1.54) is 17.4 Å². The average Bonchev–Trinajstić information content (AvgIpc) is 3.19. The Morgan fingerprint density at radius 1 is 1.16 bits per heavy atom. The molecule has 0 N–H and O–H groups in total. The van der Waals surface area contributed by atoms with Crippen LogP contribution >= 0.6 is 11.8 Å². The molecular formula is C23H33N5O3S. The lowest BCUT2D eigenvalue weighted by atomic mass is 9.98. The number of piperidine rings is 1. The molecule has 0 radical (unpaired) electrons. The van der Waals surface area contributed by atoms with E-state index < -0.39 is 0 Å². The minimum Gasteiger partial charge on any atom is -0.466 e. The Hall–Kier alpha value is -2.55. The van der Waals surface area contributed by atoms with E-state index in [0.717, 1.165) is 37.3 Å². The number of hydrogen-bond donors (Lipinski definition) is 0. The van der Waals surface area contributed by atoms with Crippen molar-refractivity contribution in [3.05, 3.63) is 24.3 Å². The van der Waals surface area contributed by atoms with Crippen molar-refractivity contribution in [3.63, 3.8) is 0 Å². The number of rotatable bonds is 9. The fourth-order valence-electron chi connectivity index (χ4n) is 3.98. The molecule has 0 spiro atoms. The molecule has 0 aliphatic carbocycles. The first-order valence-corrected chi connectivity index (χ1v) is 12.3. The van der Waals surface area contributed by atoms with Crippen molar-refractivity contribution in [1.82, 2.24) is 19.7 Å². The number of benzene rings is 1. The summed E-state index contributed by atoms with van der Waals surface area (Å²) < 4.78 is 7.04. The molecule has 2 aromatic rings. The van der Waals surface area contributed by atoms with Gasteiger partial charge in [-0.15, -0.1) is 10.2 Å². The van der Waals surface area contributed by atoms with Crippen molar-refractivity contribution in [1.29, 1.82) is 0 Å². The molecule has 0 bridgehead atoms. The Bertz CT molecular complexity index is 911. The quantitative estimate of drug-likeness (QED) is 0.421. The number of hydrogen-bond acceptors (Lipinski definition) is 7. The Morgan fingerprint density at radius 3 is 2.53 bits per heavy atom. The number of likely N-dealkylation sites (tertiary alicyclic amines) is 1. The molecule has 1 fully saturated rings. The Labute approximate surface area is 194 Å². The monoisotopic (exact) mass is 459 g/mol. The van der Waals surface area contributed by atoms with Gasteiger partial charge in [0, 0.05) is 44.5 Å². The topological polar surface area (TPSA) is 80.6 Å². The first kappa shape index (κ1) is 24.1. The second-order valence-electron chi connectivity index (χ2n) is 7.80. The number of carbonyl (C=O) groups is 2. The van der Waals surface area contributed by atoms with Gasteiger partial charge in [0.05, 0.1) is 18.3 Å². The maximum absolute atomic E-state index is 12.7. The van der Waals surface area contributed by atoms with E-state index in [4.69, 9.17) is 4.74 Å².